The van der Waals surface area contributed by atoms with Gasteiger partial charge in [0.05, 0.1) is 10.6 Å². The number of anilines is 1. The number of carbonyl (C=O) groups excluding carboxylic acids is 2. The second-order valence-electron chi connectivity index (χ2n) is 6.52. The highest BCUT2D eigenvalue weighted by Gasteiger charge is 2.45. The minimum absolute atomic E-state index is 0.0894. The van der Waals surface area contributed by atoms with Gasteiger partial charge in [-0.25, -0.2) is 15.2 Å². The Hall–Kier alpha value is -2.38. The molecule has 130 valence electrons. The SMILES string of the molecule is Cc1ccsc1C(=O)N1CCC2(CC1)NC(=O)N(c1ccccc1)N2. The van der Waals surface area contributed by atoms with E-state index in [4.69, 9.17) is 0 Å². The number of rotatable bonds is 2. The number of piperidine rings is 1. The fourth-order valence-electron chi connectivity index (χ4n) is 3.38. The molecule has 3 amide bonds. The molecule has 2 N–H and O–H groups in total. The predicted molar refractivity (Wildman–Crippen MR) is 97.5 cm³/mol. The number of para-hydroxylation sites is 1. The van der Waals surface area contributed by atoms with E-state index < -0.39 is 5.66 Å². The molecule has 0 aliphatic carbocycles. The van der Waals surface area contributed by atoms with Crippen LogP contribution in [0.15, 0.2) is 41.8 Å². The van der Waals surface area contributed by atoms with Crippen molar-refractivity contribution >= 4 is 29.0 Å². The lowest BCUT2D eigenvalue weighted by Gasteiger charge is -2.38. The first-order valence-corrected chi connectivity index (χ1v) is 9.24. The van der Waals surface area contributed by atoms with Gasteiger partial charge in [0.1, 0.15) is 5.66 Å². The van der Waals surface area contributed by atoms with Crippen LogP contribution < -0.4 is 15.8 Å². The first-order valence-electron chi connectivity index (χ1n) is 8.36. The van der Waals surface area contributed by atoms with Crippen LogP contribution in [0.4, 0.5) is 10.5 Å². The van der Waals surface area contributed by atoms with Crippen molar-refractivity contribution in [2.75, 3.05) is 18.1 Å². The highest BCUT2D eigenvalue weighted by molar-refractivity contribution is 7.12. The van der Waals surface area contributed by atoms with Gasteiger partial charge in [-0.05, 0) is 36.1 Å². The molecule has 25 heavy (non-hydrogen) atoms. The summed E-state index contributed by atoms with van der Waals surface area (Å²) in [5.74, 6) is 0.0894. The number of hydrazine groups is 1. The Morgan fingerprint density at radius 3 is 2.52 bits per heavy atom. The van der Waals surface area contributed by atoms with E-state index in [0.717, 1.165) is 16.1 Å². The van der Waals surface area contributed by atoms with Crippen molar-refractivity contribution in [3.63, 3.8) is 0 Å². The summed E-state index contributed by atoms with van der Waals surface area (Å²) in [5.41, 5.74) is 4.67. The van der Waals surface area contributed by atoms with Crippen molar-refractivity contribution in [2.45, 2.75) is 25.4 Å². The van der Waals surface area contributed by atoms with Crippen LogP contribution in [-0.4, -0.2) is 35.6 Å². The van der Waals surface area contributed by atoms with E-state index in [0.29, 0.717) is 25.9 Å². The molecule has 2 aromatic rings. The van der Waals surface area contributed by atoms with Crippen molar-refractivity contribution < 1.29 is 9.59 Å². The highest BCUT2D eigenvalue weighted by Crippen LogP contribution is 2.28. The van der Waals surface area contributed by atoms with E-state index in [9.17, 15) is 9.59 Å². The first kappa shape index (κ1) is 16.1. The summed E-state index contributed by atoms with van der Waals surface area (Å²) < 4.78 is 0. The molecule has 2 saturated heterocycles. The molecule has 1 aromatic heterocycles. The fraction of sp³-hybridized carbons (Fsp3) is 0.333. The number of carbonyl (C=O) groups is 2. The van der Waals surface area contributed by atoms with E-state index in [-0.39, 0.29) is 11.9 Å². The number of amides is 3. The zero-order chi connectivity index (χ0) is 17.4. The first-order chi connectivity index (χ1) is 12.1. The third kappa shape index (κ3) is 2.89. The lowest BCUT2D eigenvalue weighted by molar-refractivity contribution is 0.0645. The Morgan fingerprint density at radius 2 is 1.88 bits per heavy atom. The monoisotopic (exact) mass is 356 g/mol. The van der Waals surface area contributed by atoms with E-state index >= 15 is 0 Å². The molecule has 1 aromatic carbocycles. The maximum atomic E-state index is 12.7. The quantitative estimate of drug-likeness (QED) is 0.870. The number of hydrogen-bond acceptors (Lipinski definition) is 4. The van der Waals surface area contributed by atoms with Gasteiger partial charge >= 0.3 is 6.03 Å². The molecular formula is C18H20N4O2S. The average Bonchev–Trinajstić information content (AvgIpc) is 3.19. The van der Waals surface area contributed by atoms with Crippen molar-refractivity contribution in [1.82, 2.24) is 15.6 Å². The van der Waals surface area contributed by atoms with E-state index in [1.807, 2.05) is 53.6 Å². The normalized spacial score (nSPS) is 19.3. The van der Waals surface area contributed by atoms with Crippen LogP contribution >= 0.6 is 11.3 Å². The number of urea groups is 1. The van der Waals surface area contributed by atoms with Crippen LogP contribution in [0.3, 0.4) is 0 Å². The van der Waals surface area contributed by atoms with Gasteiger partial charge in [-0.1, -0.05) is 18.2 Å². The summed E-state index contributed by atoms with van der Waals surface area (Å²) in [6, 6.07) is 11.3. The minimum Gasteiger partial charge on any atom is -0.338 e. The fourth-order valence-corrected chi connectivity index (χ4v) is 4.27. The van der Waals surface area contributed by atoms with E-state index in [1.165, 1.54) is 11.3 Å². The van der Waals surface area contributed by atoms with E-state index in [2.05, 4.69) is 10.7 Å². The van der Waals surface area contributed by atoms with Crippen molar-refractivity contribution in [3.05, 3.63) is 52.2 Å². The van der Waals surface area contributed by atoms with Gasteiger partial charge in [0.2, 0.25) is 0 Å². The lowest BCUT2D eigenvalue weighted by Crippen LogP contribution is -2.58. The summed E-state index contributed by atoms with van der Waals surface area (Å²) >= 11 is 1.49. The van der Waals surface area contributed by atoms with Crippen LogP contribution in [0.1, 0.15) is 28.1 Å². The van der Waals surface area contributed by atoms with Crippen LogP contribution in [0.5, 0.6) is 0 Å². The average molecular weight is 356 g/mol. The number of thiophene rings is 1. The third-order valence-corrected chi connectivity index (χ3v) is 5.85. The molecule has 2 fully saturated rings. The smallest absolute Gasteiger partial charge is 0.338 e. The van der Waals surface area contributed by atoms with Crippen LogP contribution in [0, 0.1) is 6.92 Å². The molecule has 2 aliphatic rings. The van der Waals surface area contributed by atoms with Gasteiger partial charge in [-0.3, -0.25) is 4.79 Å². The van der Waals surface area contributed by atoms with Crippen molar-refractivity contribution in [3.8, 4) is 0 Å². The lowest BCUT2D eigenvalue weighted by atomic mass is 9.98. The van der Waals surface area contributed by atoms with Gasteiger partial charge in [-0.15, -0.1) is 11.3 Å². The minimum atomic E-state index is -0.478. The van der Waals surface area contributed by atoms with E-state index in [1.54, 1.807) is 5.01 Å². The zero-order valence-electron chi connectivity index (χ0n) is 14.0. The molecule has 0 radical (unpaired) electrons. The number of nitrogens with one attached hydrogen (secondary N) is 2. The van der Waals surface area contributed by atoms with Gasteiger partial charge in [0.25, 0.3) is 5.91 Å². The maximum absolute atomic E-state index is 12.7. The molecule has 6 nitrogen and oxygen atoms in total. The maximum Gasteiger partial charge on any atom is 0.338 e. The van der Waals surface area contributed by atoms with Crippen LogP contribution in [-0.2, 0) is 0 Å². The molecule has 0 bridgehead atoms. The summed E-state index contributed by atoms with van der Waals surface area (Å²) in [6.45, 7) is 3.20. The molecule has 3 heterocycles. The van der Waals surface area contributed by atoms with Crippen molar-refractivity contribution in [2.24, 2.45) is 0 Å². The standard InChI is InChI=1S/C18H20N4O2S/c1-13-7-12-25-15(13)16(23)21-10-8-18(9-11-21)19-17(24)22(20-18)14-5-3-2-4-6-14/h2-7,12,20H,8-11H2,1H3,(H,19,24). The summed E-state index contributed by atoms with van der Waals surface area (Å²) in [7, 11) is 0. The number of aryl methyl sites for hydroxylation is 1. The molecule has 7 heteroatoms. The molecular weight excluding hydrogens is 336 g/mol. The molecule has 2 aliphatic heterocycles. The third-order valence-electron chi connectivity index (χ3n) is 4.85. The number of hydrogen-bond donors (Lipinski definition) is 2. The number of nitrogens with zero attached hydrogens (tertiary/aromatic N) is 2. The molecule has 0 unspecified atom stereocenters. The number of benzene rings is 1. The highest BCUT2D eigenvalue weighted by atomic mass is 32.1. The number of likely N-dealkylation sites (tertiary alicyclic amines) is 1. The Balaban J connectivity index is 1.44. The second kappa shape index (κ2) is 6.16. The van der Waals surface area contributed by atoms with Gasteiger partial charge in [-0.2, -0.15) is 0 Å². The molecule has 0 saturated carbocycles. The summed E-state index contributed by atoms with van der Waals surface area (Å²) in [5, 5.41) is 6.57. The van der Waals surface area contributed by atoms with Gasteiger partial charge in [0.15, 0.2) is 0 Å². The Bertz CT molecular complexity index is 796. The van der Waals surface area contributed by atoms with Crippen LogP contribution in [0.2, 0.25) is 0 Å². The molecule has 0 atom stereocenters. The molecule has 4 rings (SSSR count). The molecule has 1 spiro atoms. The largest absolute Gasteiger partial charge is 0.338 e. The second-order valence-corrected chi connectivity index (χ2v) is 7.44. The Labute approximate surface area is 150 Å². The summed E-state index contributed by atoms with van der Waals surface area (Å²) in [4.78, 5) is 27.7. The van der Waals surface area contributed by atoms with Gasteiger partial charge < -0.3 is 10.2 Å². The Morgan fingerprint density at radius 1 is 1.16 bits per heavy atom. The topological polar surface area (TPSA) is 64.7 Å². The predicted octanol–water partition coefficient (Wildman–Crippen LogP) is 2.72. The zero-order valence-corrected chi connectivity index (χ0v) is 14.8. The summed E-state index contributed by atoms with van der Waals surface area (Å²) in [6.07, 6.45) is 1.36. The van der Waals surface area contributed by atoms with Crippen molar-refractivity contribution in [1.29, 1.82) is 0 Å². The van der Waals surface area contributed by atoms with Gasteiger partial charge in [0, 0.05) is 25.9 Å². The van der Waals surface area contributed by atoms with Crippen LogP contribution in [0.25, 0.3) is 0 Å². The Kier molecular flexibility index (Phi) is 3.97.